The number of hydrogen-bond donors (Lipinski definition) is 1. The van der Waals surface area contributed by atoms with Gasteiger partial charge in [-0.1, -0.05) is 51.3 Å². The van der Waals surface area contributed by atoms with Gasteiger partial charge in [-0.3, -0.25) is 0 Å². The van der Waals surface area contributed by atoms with E-state index in [1.54, 1.807) is 0 Å². The highest BCUT2D eigenvalue weighted by Crippen LogP contribution is 2.39. The molecule has 1 N–H and O–H groups in total. The molecule has 0 aliphatic heterocycles. The van der Waals surface area contributed by atoms with E-state index in [2.05, 4.69) is 66.9 Å². The highest BCUT2D eigenvalue weighted by atomic mass is 127. The number of halogens is 1. The Balaban J connectivity index is 2.16. The summed E-state index contributed by atoms with van der Waals surface area (Å²) in [5, 5.41) is 3.85. The molecule has 0 amide bonds. The molecule has 118 valence electrons. The van der Waals surface area contributed by atoms with Crippen molar-refractivity contribution in [2.24, 2.45) is 11.8 Å². The van der Waals surface area contributed by atoms with Gasteiger partial charge in [0.1, 0.15) is 0 Å². The van der Waals surface area contributed by atoms with Crippen LogP contribution < -0.4 is 5.32 Å². The normalized spacial score (nSPS) is 24.0. The zero-order chi connectivity index (χ0) is 15.2. The van der Waals surface area contributed by atoms with Crippen molar-refractivity contribution < 1.29 is 0 Å². The summed E-state index contributed by atoms with van der Waals surface area (Å²) >= 11 is 2.54. The lowest BCUT2D eigenvalue weighted by Crippen LogP contribution is -2.32. The Kier molecular flexibility index (Phi) is 7.00. The van der Waals surface area contributed by atoms with Gasteiger partial charge in [-0.15, -0.1) is 0 Å². The van der Waals surface area contributed by atoms with Crippen LogP contribution in [0.1, 0.15) is 69.5 Å². The Morgan fingerprint density at radius 1 is 1.19 bits per heavy atom. The van der Waals surface area contributed by atoms with Crippen molar-refractivity contribution in [2.75, 3.05) is 6.54 Å². The van der Waals surface area contributed by atoms with Crippen LogP contribution in [-0.4, -0.2) is 6.54 Å². The fourth-order valence-electron chi connectivity index (χ4n) is 3.67. The van der Waals surface area contributed by atoms with Gasteiger partial charge >= 0.3 is 0 Å². The molecule has 0 saturated heterocycles. The molecule has 0 spiro atoms. The van der Waals surface area contributed by atoms with Gasteiger partial charge in [0, 0.05) is 9.61 Å². The molecule has 1 atom stereocenters. The van der Waals surface area contributed by atoms with Crippen LogP contribution in [0.4, 0.5) is 0 Å². The maximum absolute atomic E-state index is 3.85. The summed E-state index contributed by atoms with van der Waals surface area (Å²) in [4.78, 5) is 0. The molecule has 21 heavy (non-hydrogen) atoms. The highest BCUT2D eigenvalue weighted by molar-refractivity contribution is 14.1. The minimum absolute atomic E-state index is 0.551. The third kappa shape index (κ3) is 4.44. The van der Waals surface area contributed by atoms with Crippen molar-refractivity contribution in [3.05, 3.63) is 32.9 Å². The first-order valence-electron chi connectivity index (χ1n) is 8.65. The molecule has 1 aliphatic carbocycles. The van der Waals surface area contributed by atoms with Gasteiger partial charge in [0.2, 0.25) is 0 Å². The van der Waals surface area contributed by atoms with Crippen LogP contribution in [0.15, 0.2) is 18.2 Å². The number of benzene rings is 1. The molecule has 2 heteroatoms. The van der Waals surface area contributed by atoms with E-state index in [4.69, 9.17) is 0 Å². The molecule has 1 fully saturated rings. The van der Waals surface area contributed by atoms with E-state index in [0.717, 1.165) is 18.4 Å². The summed E-state index contributed by atoms with van der Waals surface area (Å²) < 4.78 is 1.46. The first-order valence-corrected chi connectivity index (χ1v) is 9.73. The number of aryl methyl sites for hydroxylation is 1. The minimum Gasteiger partial charge on any atom is -0.310 e. The summed E-state index contributed by atoms with van der Waals surface area (Å²) in [6, 6.07) is 7.35. The van der Waals surface area contributed by atoms with Crippen molar-refractivity contribution in [3.63, 3.8) is 0 Å². The Hall–Kier alpha value is -0.0900. The quantitative estimate of drug-likeness (QED) is 0.591. The molecule has 1 aromatic carbocycles. The zero-order valence-electron chi connectivity index (χ0n) is 13.8. The fraction of sp³-hybridized carbons (Fsp3) is 0.684. The SMILES string of the molecule is CCCNC(c1cccc(C)c1I)C1CCC(CC)CC1. The third-order valence-corrected chi connectivity index (χ3v) is 6.58. The molecule has 1 aliphatic rings. The van der Waals surface area contributed by atoms with E-state index >= 15 is 0 Å². The smallest absolute Gasteiger partial charge is 0.0359 e. The van der Waals surface area contributed by atoms with Gasteiger partial charge in [0.15, 0.2) is 0 Å². The van der Waals surface area contributed by atoms with Gasteiger partial charge in [-0.25, -0.2) is 0 Å². The van der Waals surface area contributed by atoms with E-state index < -0.39 is 0 Å². The van der Waals surface area contributed by atoms with Crippen molar-refractivity contribution in [1.29, 1.82) is 0 Å². The predicted molar refractivity (Wildman–Crippen MR) is 101 cm³/mol. The zero-order valence-corrected chi connectivity index (χ0v) is 15.9. The average molecular weight is 399 g/mol. The number of nitrogens with one attached hydrogen (secondary N) is 1. The van der Waals surface area contributed by atoms with Crippen molar-refractivity contribution in [1.82, 2.24) is 5.32 Å². The lowest BCUT2D eigenvalue weighted by atomic mass is 9.76. The van der Waals surface area contributed by atoms with Gasteiger partial charge in [-0.05, 0) is 78.3 Å². The van der Waals surface area contributed by atoms with Crippen LogP contribution in [0, 0.1) is 22.3 Å². The van der Waals surface area contributed by atoms with E-state index in [-0.39, 0.29) is 0 Å². The van der Waals surface area contributed by atoms with Crippen LogP contribution >= 0.6 is 22.6 Å². The summed E-state index contributed by atoms with van der Waals surface area (Å²) in [7, 11) is 0. The summed E-state index contributed by atoms with van der Waals surface area (Å²) in [6.45, 7) is 7.97. The molecular formula is C19H30IN. The van der Waals surface area contributed by atoms with Gasteiger partial charge in [-0.2, -0.15) is 0 Å². The summed E-state index contributed by atoms with van der Waals surface area (Å²) in [6.07, 6.45) is 8.21. The largest absolute Gasteiger partial charge is 0.310 e. The second-order valence-corrected chi connectivity index (χ2v) is 7.68. The Bertz CT molecular complexity index is 435. The van der Waals surface area contributed by atoms with E-state index in [1.807, 2.05) is 0 Å². The average Bonchev–Trinajstić information content (AvgIpc) is 2.52. The second-order valence-electron chi connectivity index (χ2n) is 6.60. The molecular weight excluding hydrogens is 369 g/mol. The summed E-state index contributed by atoms with van der Waals surface area (Å²) in [5.41, 5.74) is 2.95. The molecule has 1 saturated carbocycles. The summed E-state index contributed by atoms with van der Waals surface area (Å²) in [5.74, 6) is 1.79. The molecule has 0 radical (unpaired) electrons. The molecule has 0 heterocycles. The van der Waals surface area contributed by atoms with Crippen LogP contribution in [0.3, 0.4) is 0 Å². The standard InChI is InChI=1S/C19H30IN/c1-4-13-21-19(16-11-9-15(5-2)10-12-16)17-8-6-7-14(3)18(17)20/h6-8,15-16,19,21H,4-5,9-13H2,1-3H3. The predicted octanol–water partition coefficient (Wildman–Crippen LogP) is 5.86. The van der Waals surface area contributed by atoms with Gasteiger partial charge in [0.05, 0.1) is 0 Å². The molecule has 0 bridgehead atoms. The van der Waals surface area contributed by atoms with Crippen molar-refractivity contribution in [3.8, 4) is 0 Å². The van der Waals surface area contributed by atoms with Gasteiger partial charge in [0.25, 0.3) is 0 Å². The number of hydrogen-bond acceptors (Lipinski definition) is 1. The Labute approximate surface area is 144 Å². The molecule has 1 aromatic rings. The van der Waals surface area contributed by atoms with E-state index in [0.29, 0.717) is 6.04 Å². The highest BCUT2D eigenvalue weighted by Gasteiger charge is 2.28. The fourth-order valence-corrected chi connectivity index (χ4v) is 4.37. The van der Waals surface area contributed by atoms with Crippen LogP contribution in [-0.2, 0) is 0 Å². The second kappa shape index (κ2) is 8.52. The van der Waals surface area contributed by atoms with Crippen LogP contribution in [0.25, 0.3) is 0 Å². The van der Waals surface area contributed by atoms with Crippen LogP contribution in [0.2, 0.25) is 0 Å². The maximum Gasteiger partial charge on any atom is 0.0359 e. The van der Waals surface area contributed by atoms with Gasteiger partial charge < -0.3 is 5.32 Å². The van der Waals surface area contributed by atoms with E-state index in [1.165, 1.54) is 53.2 Å². The van der Waals surface area contributed by atoms with E-state index in [9.17, 15) is 0 Å². The Morgan fingerprint density at radius 3 is 2.52 bits per heavy atom. The van der Waals surface area contributed by atoms with Crippen LogP contribution in [0.5, 0.6) is 0 Å². The van der Waals surface area contributed by atoms with Crippen molar-refractivity contribution >= 4 is 22.6 Å². The molecule has 0 aromatic heterocycles. The first-order chi connectivity index (χ1) is 10.2. The third-order valence-electron chi connectivity index (χ3n) is 5.11. The topological polar surface area (TPSA) is 12.0 Å². The minimum atomic E-state index is 0.551. The Morgan fingerprint density at radius 2 is 1.90 bits per heavy atom. The molecule has 1 unspecified atom stereocenters. The lowest BCUT2D eigenvalue weighted by molar-refractivity contribution is 0.218. The monoisotopic (exact) mass is 399 g/mol. The van der Waals surface area contributed by atoms with Crippen molar-refractivity contribution in [2.45, 2.75) is 65.3 Å². The maximum atomic E-state index is 3.85. The number of rotatable bonds is 6. The lowest BCUT2D eigenvalue weighted by Gasteiger charge is -2.35. The molecule has 1 nitrogen and oxygen atoms in total. The first kappa shape index (κ1) is 17.3. The molecule has 2 rings (SSSR count).